The van der Waals surface area contributed by atoms with E-state index in [1.165, 1.54) is 6.20 Å². The number of nitrogens with zero attached hydrogens (tertiary/aromatic N) is 2. The number of fused-ring (bicyclic) bond motifs is 1. The molecule has 8 heteroatoms. The van der Waals surface area contributed by atoms with Crippen molar-refractivity contribution in [3.05, 3.63) is 52.1 Å². The maximum Gasteiger partial charge on any atom is 0.187 e. The van der Waals surface area contributed by atoms with Gasteiger partial charge in [0.05, 0.1) is 35.7 Å². The van der Waals surface area contributed by atoms with E-state index in [1.54, 1.807) is 38.5 Å². The Morgan fingerprint density at radius 1 is 1.14 bits per heavy atom. The smallest absolute Gasteiger partial charge is 0.187 e. The summed E-state index contributed by atoms with van der Waals surface area (Å²) in [5.74, 6) is 1.02. The highest BCUT2D eigenvalue weighted by Gasteiger charge is 2.17. The van der Waals surface area contributed by atoms with Gasteiger partial charge >= 0.3 is 0 Å². The Balaban J connectivity index is 2.11. The second-order valence-corrected chi connectivity index (χ2v) is 6.59. The Morgan fingerprint density at radius 3 is 2.64 bits per heavy atom. The van der Waals surface area contributed by atoms with Crippen molar-refractivity contribution in [2.75, 3.05) is 32.8 Å². The Kier molecular flexibility index (Phi) is 6.42. The molecule has 1 heterocycles. The third-order valence-electron chi connectivity index (χ3n) is 4.02. The Morgan fingerprint density at radius 2 is 1.96 bits per heavy atom. The summed E-state index contributed by atoms with van der Waals surface area (Å²) >= 11 is 12.2. The average Bonchev–Trinajstić information content (AvgIpc) is 2.70. The summed E-state index contributed by atoms with van der Waals surface area (Å²) in [5, 5.41) is 14.4. The normalized spacial score (nSPS) is 10.5. The molecule has 0 spiro atoms. The van der Waals surface area contributed by atoms with Crippen LogP contribution >= 0.6 is 23.2 Å². The van der Waals surface area contributed by atoms with E-state index in [-0.39, 0.29) is 0 Å². The SMILES string of the molecule is COCCOc1ccc2c(Nc3ccc(Cl)cc3Cl)c(C#N)cnc2c1OC. The quantitative estimate of drug-likeness (QED) is 0.532. The zero-order valence-electron chi connectivity index (χ0n) is 15.3. The molecule has 0 aliphatic heterocycles. The van der Waals surface area contributed by atoms with Crippen LogP contribution in [0.5, 0.6) is 11.5 Å². The molecule has 3 rings (SSSR count). The number of aromatic nitrogens is 1. The van der Waals surface area contributed by atoms with Crippen molar-refractivity contribution in [1.29, 1.82) is 5.26 Å². The fourth-order valence-electron chi connectivity index (χ4n) is 2.71. The molecule has 0 atom stereocenters. The van der Waals surface area contributed by atoms with Crippen molar-refractivity contribution in [3.8, 4) is 17.6 Å². The van der Waals surface area contributed by atoms with Crippen molar-refractivity contribution >= 4 is 45.5 Å². The van der Waals surface area contributed by atoms with Crippen LogP contribution in [0.3, 0.4) is 0 Å². The third-order valence-corrected chi connectivity index (χ3v) is 4.56. The number of halogens is 2. The monoisotopic (exact) mass is 417 g/mol. The van der Waals surface area contributed by atoms with Crippen LogP contribution in [0.25, 0.3) is 10.9 Å². The number of ether oxygens (including phenoxy) is 3. The average molecular weight is 418 g/mol. The van der Waals surface area contributed by atoms with Crippen LogP contribution in [0, 0.1) is 11.3 Å². The van der Waals surface area contributed by atoms with Gasteiger partial charge in [0.2, 0.25) is 0 Å². The molecule has 0 fully saturated rings. The van der Waals surface area contributed by atoms with Crippen LogP contribution in [-0.4, -0.2) is 32.4 Å². The number of hydrogen-bond acceptors (Lipinski definition) is 6. The van der Waals surface area contributed by atoms with Crippen LogP contribution in [-0.2, 0) is 4.74 Å². The second kappa shape index (κ2) is 8.98. The fraction of sp³-hybridized carbons (Fsp3) is 0.200. The number of pyridine rings is 1. The molecule has 1 aromatic heterocycles. The van der Waals surface area contributed by atoms with Gasteiger partial charge in [-0.05, 0) is 30.3 Å². The lowest BCUT2D eigenvalue weighted by Crippen LogP contribution is -2.06. The van der Waals surface area contributed by atoms with Gasteiger partial charge in [-0.25, -0.2) is 0 Å². The number of hydrogen-bond donors (Lipinski definition) is 1. The molecule has 0 unspecified atom stereocenters. The topological polar surface area (TPSA) is 76.4 Å². The minimum Gasteiger partial charge on any atom is -0.491 e. The molecule has 0 amide bonds. The summed E-state index contributed by atoms with van der Waals surface area (Å²) in [6.07, 6.45) is 1.48. The summed E-state index contributed by atoms with van der Waals surface area (Å²) in [7, 11) is 3.15. The standard InChI is InChI=1S/C20H17Cl2N3O3/c1-26-7-8-28-17-6-4-14-18(25-16-5-3-13(21)9-15(16)22)12(10-23)11-24-19(14)20(17)27-2/h3-6,9,11H,7-8H2,1-2H3,(H,24,25). The number of rotatable bonds is 7. The predicted molar refractivity (Wildman–Crippen MR) is 110 cm³/mol. The van der Waals surface area contributed by atoms with Crippen molar-refractivity contribution < 1.29 is 14.2 Å². The van der Waals surface area contributed by atoms with Gasteiger partial charge in [0.15, 0.2) is 11.5 Å². The molecule has 3 aromatic rings. The third kappa shape index (κ3) is 4.07. The minimum atomic E-state index is 0.369. The van der Waals surface area contributed by atoms with Crippen LogP contribution < -0.4 is 14.8 Å². The van der Waals surface area contributed by atoms with Crippen LogP contribution in [0.4, 0.5) is 11.4 Å². The zero-order valence-corrected chi connectivity index (χ0v) is 16.8. The second-order valence-electron chi connectivity index (χ2n) is 5.74. The number of benzene rings is 2. The van der Waals surface area contributed by atoms with E-state index in [9.17, 15) is 5.26 Å². The van der Waals surface area contributed by atoms with Crippen molar-refractivity contribution in [3.63, 3.8) is 0 Å². The molecule has 0 saturated carbocycles. The van der Waals surface area contributed by atoms with E-state index in [0.717, 1.165) is 0 Å². The molecular weight excluding hydrogens is 401 g/mol. The van der Waals surface area contributed by atoms with Crippen molar-refractivity contribution in [2.24, 2.45) is 0 Å². The van der Waals surface area contributed by atoms with Gasteiger partial charge in [0.25, 0.3) is 0 Å². The Hall–Kier alpha value is -2.72. The van der Waals surface area contributed by atoms with Gasteiger partial charge in [-0.3, -0.25) is 4.98 Å². The molecule has 144 valence electrons. The van der Waals surface area contributed by atoms with E-state index in [2.05, 4.69) is 16.4 Å². The number of methoxy groups -OCH3 is 2. The Labute approximate surface area is 172 Å². The lowest BCUT2D eigenvalue weighted by molar-refractivity contribution is 0.144. The molecule has 0 radical (unpaired) electrons. The molecule has 2 aromatic carbocycles. The van der Waals surface area contributed by atoms with E-state index in [0.29, 0.717) is 62.6 Å². The maximum absolute atomic E-state index is 9.54. The van der Waals surface area contributed by atoms with Gasteiger partial charge in [-0.1, -0.05) is 23.2 Å². The molecule has 0 aliphatic carbocycles. The molecule has 0 aliphatic rings. The molecule has 0 saturated heterocycles. The van der Waals surface area contributed by atoms with Gasteiger partial charge in [-0.2, -0.15) is 5.26 Å². The zero-order chi connectivity index (χ0) is 20.1. The van der Waals surface area contributed by atoms with Crippen molar-refractivity contribution in [2.45, 2.75) is 0 Å². The van der Waals surface area contributed by atoms with Gasteiger partial charge in [0, 0.05) is 23.7 Å². The molecule has 28 heavy (non-hydrogen) atoms. The lowest BCUT2D eigenvalue weighted by Gasteiger charge is -2.16. The van der Waals surface area contributed by atoms with Crippen LogP contribution in [0.2, 0.25) is 10.0 Å². The van der Waals surface area contributed by atoms with Gasteiger partial charge < -0.3 is 19.5 Å². The van der Waals surface area contributed by atoms with E-state index in [4.69, 9.17) is 37.4 Å². The van der Waals surface area contributed by atoms with Gasteiger partial charge in [0.1, 0.15) is 18.2 Å². The van der Waals surface area contributed by atoms with E-state index < -0.39 is 0 Å². The fourth-order valence-corrected chi connectivity index (χ4v) is 3.17. The predicted octanol–water partition coefficient (Wildman–Crippen LogP) is 5.19. The minimum absolute atomic E-state index is 0.369. The highest BCUT2D eigenvalue weighted by molar-refractivity contribution is 6.36. The summed E-state index contributed by atoms with van der Waals surface area (Å²) in [4.78, 5) is 4.40. The highest BCUT2D eigenvalue weighted by Crippen LogP contribution is 2.40. The van der Waals surface area contributed by atoms with Crippen LogP contribution in [0.15, 0.2) is 36.5 Å². The van der Waals surface area contributed by atoms with Gasteiger partial charge in [-0.15, -0.1) is 0 Å². The largest absolute Gasteiger partial charge is 0.491 e. The molecule has 1 N–H and O–H groups in total. The summed E-state index contributed by atoms with van der Waals surface area (Å²) < 4.78 is 16.2. The lowest BCUT2D eigenvalue weighted by atomic mass is 10.1. The molecule has 0 bridgehead atoms. The summed E-state index contributed by atoms with van der Waals surface area (Å²) in [6.45, 7) is 0.823. The van der Waals surface area contributed by atoms with E-state index >= 15 is 0 Å². The number of nitrogens with one attached hydrogen (secondary N) is 1. The number of nitriles is 1. The first-order valence-corrected chi connectivity index (χ1v) is 9.08. The first kappa shape index (κ1) is 20.0. The highest BCUT2D eigenvalue weighted by atomic mass is 35.5. The summed E-state index contributed by atoms with van der Waals surface area (Å²) in [5.41, 5.74) is 2.12. The summed E-state index contributed by atoms with van der Waals surface area (Å²) in [6, 6.07) is 10.8. The molecular formula is C20H17Cl2N3O3. The van der Waals surface area contributed by atoms with E-state index in [1.807, 2.05) is 6.07 Å². The van der Waals surface area contributed by atoms with Crippen molar-refractivity contribution in [1.82, 2.24) is 4.98 Å². The first-order valence-electron chi connectivity index (χ1n) is 8.32. The maximum atomic E-state index is 9.54. The number of anilines is 2. The Bertz CT molecular complexity index is 1050. The van der Waals surface area contributed by atoms with Crippen LogP contribution in [0.1, 0.15) is 5.56 Å². The molecule has 6 nitrogen and oxygen atoms in total. The first-order chi connectivity index (χ1) is 13.6.